The molecule has 0 saturated heterocycles. The van der Waals surface area contributed by atoms with Gasteiger partial charge in [-0.1, -0.05) is 133 Å². The van der Waals surface area contributed by atoms with Gasteiger partial charge in [-0.05, 0) is 100 Å². The molecule has 0 radical (unpaired) electrons. The Morgan fingerprint density at radius 1 is 0.311 bits per heavy atom. The van der Waals surface area contributed by atoms with E-state index in [9.17, 15) is 0 Å². The van der Waals surface area contributed by atoms with E-state index in [1.165, 1.54) is 81.5 Å². The molecule has 208 valence electrons. The summed E-state index contributed by atoms with van der Waals surface area (Å²) >= 11 is 0. The lowest BCUT2D eigenvalue weighted by Gasteiger charge is -2.20. The van der Waals surface area contributed by atoms with Crippen molar-refractivity contribution in [2.45, 2.75) is 0 Å². The van der Waals surface area contributed by atoms with Crippen LogP contribution in [0.2, 0.25) is 0 Å². The molecular weight excluding hydrogens is 544 g/mol. The standard InChI is InChI=1S/C44H26O/c1-2-12-30-27(11-1)26-39(33-14-4-3-13-32(30)33)43-36-17-7-5-15-34(36)42(35-16-6-8-18-37(35)43)29-21-23-31-28(25-29)22-24-41-44(31)38-19-9-10-20-40(38)45-41/h1-26H. The maximum absolute atomic E-state index is 6.20. The predicted molar refractivity (Wildman–Crippen MR) is 192 cm³/mol. The number of hydrogen-bond donors (Lipinski definition) is 0. The fraction of sp³-hybridized carbons (Fsp3) is 0. The Balaban J connectivity index is 1.31. The van der Waals surface area contributed by atoms with Crippen LogP contribution in [-0.2, 0) is 0 Å². The van der Waals surface area contributed by atoms with Crippen LogP contribution in [0.1, 0.15) is 0 Å². The van der Waals surface area contributed by atoms with Gasteiger partial charge in [-0.25, -0.2) is 0 Å². The van der Waals surface area contributed by atoms with Gasteiger partial charge in [0, 0.05) is 10.8 Å². The highest BCUT2D eigenvalue weighted by Crippen LogP contribution is 2.47. The summed E-state index contributed by atoms with van der Waals surface area (Å²) in [5.41, 5.74) is 6.92. The van der Waals surface area contributed by atoms with E-state index in [0.29, 0.717) is 0 Å². The van der Waals surface area contributed by atoms with Crippen molar-refractivity contribution in [3.05, 3.63) is 158 Å². The Kier molecular flexibility index (Phi) is 5.06. The number of furan rings is 1. The number of fused-ring (bicyclic) bond motifs is 10. The Morgan fingerprint density at radius 3 is 1.60 bits per heavy atom. The molecule has 0 bridgehead atoms. The predicted octanol–water partition coefficient (Wildman–Crippen LogP) is 12.7. The molecule has 0 aliphatic rings. The minimum Gasteiger partial charge on any atom is -0.456 e. The SMILES string of the molecule is c1ccc2c(c1)cc(-c1c3ccccc3c(-c3ccc4c(ccc5oc6ccccc6c54)c3)c3ccccc13)c1ccccc12. The molecule has 9 aromatic carbocycles. The molecule has 10 rings (SSSR count). The van der Waals surface area contributed by atoms with Crippen LogP contribution < -0.4 is 0 Å². The maximum Gasteiger partial charge on any atom is 0.136 e. The molecule has 0 fully saturated rings. The van der Waals surface area contributed by atoms with Crippen molar-refractivity contribution in [3.8, 4) is 22.3 Å². The van der Waals surface area contributed by atoms with E-state index < -0.39 is 0 Å². The van der Waals surface area contributed by atoms with Crippen LogP contribution >= 0.6 is 0 Å². The van der Waals surface area contributed by atoms with E-state index in [0.717, 1.165) is 16.6 Å². The smallest absolute Gasteiger partial charge is 0.136 e. The van der Waals surface area contributed by atoms with Crippen molar-refractivity contribution in [3.63, 3.8) is 0 Å². The van der Waals surface area contributed by atoms with Crippen LogP contribution in [-0.4, -0.2) is 0 Å². The average molecular weight is 571 g/mol. The fourth-order valence-electron chi connectivity index (χ4n) is 7.70. The van der Waals surface area contributed by atoms with Crippen molar-refractivity contribution >= 4 is 75.8 Å². The number of hydrogen-bond acceptors (Lipinski definition) is 1. The number of benzene rings is 9. The van der Waals surface area contributed by atoms with Crippen LogP contribution in [0.15, 0.2) is 162 Å². The van der Waals surface area contributed by atoms with Gasteiger partial charge in [0.25, 0.3) is 0 Å². The van der Waals surface area contributed by atoms with E-state index in [2.05, 4.69) is 146 Å². The van der Waals surface area contributed by atoms with Crippen molar-refractivity contribution in [1.82, 2.24) is 0 Å². The second kappa shape index (κ2) is 9.29. The van der Waals surface area contributed by atoms with Gasteiger partial charge in [-0.3, -0.25) is 0 Å². The first-order valence-corrected chi connectivity index (χ1v) is 15.5. The summed E-state index contributed by atoms with van der Waals surface area (Å²) in [6, 6.07) is 57.4. The van der Waals surface area contributed by atoms with E-state index >= 15 is 0 Å². The monoisotopic (exact) mass is 570 g/mol. The largest absolute Gasteiger partial charge is 0.456 e. The first-order chi connectivity index (χ1) is 22.3. The van der Waals surface area contributed by atoms with Gasteiger partial charge < -0.3 is 4.42 Å². The van der Waals surface area contributed by atoms with Crippen LogP contribution in [0.4, 0.5) is 0 Å². The molecule has 10 aromatic rings. The summed E-state index contributed by atoms with van der Waals surface area (Å²) < 4.78 is 6.20. The number of rotatable bonds is 2. The molecule has 0 atom stereocenters. The van der Waals surface area contributed by atoms with Gasteiger partial charge in [-0.15, -0.1) is 0 Å². The van der Waals surface area contributed by atoms with E-state index in [1.807, 2.05) is 12.1 Å². The van der Waals surface area contributed by atoms with Gasteiger partial charge in [0.15, 0.2) is 0 Å². The van der Waals surface area contributed by atoms with E-state index in [1.54, 1.807) is 0 Å². The third kappa shape index (κ3) is 3.50. The Morgan fingerprint density at radius 2 is 0.867 bits per heavy atom. The van der Waals surface area contributed by atoms with Crippen molar-refractivity contribution in [2.75, 3.05) is 0 Å². The zero-order valence-corrected chi connectivity index (χ0v) is 24.4. The van der Waals surface area contributed by atoms with Crippen LogP contribution in [0.5, 0.6) is 0 Å². The molecule has 1 aromatic heterocycles. The molecule has 0 amide bonds. The summed E-state index contributed by atoms with van der Waals surface area (Å²) in [6.07, 6.45) is 0. The molecular formula is C44H26O. The zero-order chi connectivity index (χ0) is 29.5. The maximum atomic E-state index is 6.20. The summed E-state index contributed by atoms with van der Waals surface area (Å²) in [5.74, 6) is 0. The summed E-state index contributed by atoms with van der Waals surface area (Å²) in [5, 5.41) is 14.9. The van der Waals surface area contributed by atoms with Crippen molar-refractivity contribution < 1.29 is 4.42 Å². The van der Waals surface area contributed by atoms with Gasteiger partial charge in [0.2, 0.25) is 0 Å². The third-order valence-corrected chi connectivity index (χ3v) is 9.62. The van der Waals surface area contributed by atoms with Crippen LogP contribution in [0.25, 0.3) is 98.1 Å². The van der Waals surface area contributed by atoms with Crippen molar-refractivity contribution in [2.24, 2.45) is 0 Å². The molecule has 0 saturated carbocycles. The highest BCUT2D eigenvalue weighted by atomic mass is 16.3. The molecule has 0 N–H and O–H groups in total. The Labute approximate surface area is 259 Å². The Hall–Kier alpha value is -5.92. The van der Waals surface area contributed by atoms with E-state index in [-0.39, 0.29) is 0 Å². The minimum absolute atomic E-state index is 0.929. The Bertz CT molecular complexity index is 2760. The molecule has 0 aliphatic heterocycles. The molecule has 0 unspecified atom stereocenters. The van der Waals surface area contributed by atoms with Crippen LogP contribution in [0.3, 0.4) is 0 Å². The van der Waals surface area contributed by atoms with Gasteiger partial charge >= 0.3 is 0 Å². The van der Waals surface area contributed by atoms with Gasteiger partial charge in [0.1, 0.15) is 11.2 Å². The lowest BCUT2D eigenvalue weighted by molar-refractivity contribution is 0.669. The number of para-hydroxylation sites is 1. The highest BCUT2D eigenvalue weighted by molar-refractivity contribution is 6.26. The summed E-state index contributed by atoms with van der Waals surface area (Å²) in [7, 11) is 0. The molecule has 0 spiro atoms. The second-order valence-electron chi connectivity index (χ2n) is 12.0. The molecule has 45 heavy (non-hydrogen) atoms. The second-order valence-corrected chi connectivity index (χ2v) is 12.0. The van der Waals surface area contributed by atoms with Crippen molar-refractivity contribution in [1.29, 1.82) is 0 Å². The molecule has 1 nitrogen and oxygen atoms in total. The minimum atomic E-state index is 0.929. The average Bonchev–Trinajstić information content (AvgIpc) is 3.49. The molecule has 1 heteroatoms. The summed E-state index contributed by atoms with van der Waals surface area (Å²) in [4.78, 5) is 0. The lowest BCUT2D eigenvalue weighted by atomic mass is 9.83. The lowest BCUT2D eigenvalue weighted by Crippen LogP contribution is -1.92. The van der Waals surface area contributed by atoms with Gasteiger partial charge in [-0.2, -0.15) is 0 Å². The quantitative estimate of drug-likeness (QED) is 0.149. The first-order valence-electron chi connectivity index (χ1n) is 15.5. The fourth-order valence-corrected chi connectivity index (χ4v) is 7.70. The molecule has 0 aliphatic carbocycles. The summed E-state index contributed by atoms with van der Waals surface area (Å²) in [6.45, 7) is 0. The topological polar surface area (TPSA) is 13.1 Å². The zero-order valence-electron chi connectivity index (χ0n) is 24.4. The third-order valence-electron chi connectivity index (χ3n) is 9.62. The highest BCUT2D eigenvalue weighted by Gasteiger charge is 2.19. The molecule has 1 heterocycles. The first kappa shape index (κ1) is 24.5. The van der Waals surface area contributed by atoms with Gasteiger partial charge in [0.05, 0.1) is 0 Å². The van der Waals surface area contributed by atoms with Crippen LogP contribution in [0, 0.1) is 0 Å². The normalized spacial score (nSPS) is 12.0. The van der Waals surface area contributed by atoms with E-state index in [4.69, 9.17) is 4.42 Å².